The van der Waals surface area contributed by atoms with Gasteiger partial charge in [-0.05, 0) is 49.7 Å². The second-order valence-corrected chi connectivity index (χ2v) is 6.80. The summed E-state index contributed by atoms with van der Waals surface area (Å²) in [6.45, 7) is 5.03. The summed E-state index contributed by atoms with van der Waals surface area (Å²) < 4.78 is 6.95. The number of phenols is 1. The molecule has 2 aromatic carbocycles. The fourth-order valence-corrected chi connectivity index (χ4v) is 3.41. The van der Waals surface area contributed by atoms with E-state index < -0.39 is 5.97 Å². The zero-order valence-electron chi connectivity index (χ0n) is 15.4. The van der Waals surface area contributed by atoms with Crippen LogP contribution >= 0.6 is 11.6 Å². The first-order valence-corrected chi connectivity index (χ1v) is 9.07. The summed E-state index contributed by atoms with van der Waals surface area (Å²) in [5.41, 5.74) is 2.21. The van der Waals surface area contributed by atoms with Gasteiger partial charge in [0.05, 0.1) is 16.6 Å². The third-order valence-corrected chi connectivity index (χ3v) is 4.69. The first-order chi connectivity index (χ1) is 12.8. The summed E-state index contributed by atoms with van der Waals surface area (Å²) >= 11 is 5.92. The minimum absolute atomic E-state index is 0.119. The van der Waals surface area contributed by atoms with E-state index in [0.29, 0.717) is 44.9 Å². The maximum absolute atomic E-state index is 13.2. The standard InChI is InChI=1S/C21H20ClNO4/c1-4-5-16-18(25)11-10-17-19(16)20(27-13(3)24)12(2)23(17)21(26)14-6-8-15(22)9-7-14/h6-11,25H,4-5H2,1-3H3. The molecule has 0 amide bonds. The van der Waals surface area contributed by atoms with Crippen molar-refractivity contribution in [3.8, 4) is 11.5 Å². The lowest BCUT2D eigenvalue weighted by molar-refractivity contribution is -0.131. The molecule has 6 heteroatoms. The number of aryl methyl sites for hydroxylation is 1. The van der Waals surface area contributed by atoms with E-state index in [1.165, 1.54) is 11.5 Å². The second kappa shape index (κ2) is 7.45. The molecular weight excluding hydrogens is 366 g/mol. The number of aromatic nitrogens is 1. The van der Waals surface area contributed by atoms with Crippen LogP contribution in [0, 0.1) is 6.92 Å². The van der Waals surface area contributed by atoms with Crippen molar-refractivity contribution in [2.45, 2.75) is 33.6 Å². The number of carbonyl (C=O) groups is 2. The fraction of sp³-hybridized carbons (Fsp3) is 0.238. The Morgan fingerprint density at radius 3 is 2.41 bits per heavy atom. The lowest BCUT2D eigenvalue weighted by atomic mass is 10.0. The highest BCUT2D eigenvalue weighted by atomic mass is 35.5. The minimum atomic E-state index is -0.484. The maximum atomic E-state index is 13.2. The highest BCUT2D eigenvalue weighted by Gasteiger charge is 2.25. The molecule has 5 nitrogen and oxygen atoms in total. The molecular formula is C21H20ClNO4. The molecule has 0 unspecified atom stereocenters. The van der Waals surface area contributed by atoms with Crippen molar-refractivity contribution in [3.05, 3.63) is 58.2 Å². The third kappa shape index (κ3) is 3.43. The number of phenolic OH excluding ortho intramolecular Hbond substituents is 1. The van der Waals surface area contributed by atoms with Crippen LogP contribution in [0.15, 0.2) is 36.4 Å². The summed E-state index contributed by atoms with van der Waals surface area (Å²) in [6.07, 6.45) is 1.39. The molecule has 1 heterocycles. The first kappa shape index (κ1) is 19.0. The Morgan fingerprint density at radius 1 is 1.15 bits per heavy atom. The zero-order valence-corrected chi connectivity index (χ0v) is 16.1. The van der Waals surface area contributed by atoms with Gasteiger partial charge in [0.25, 0.3) is 5.91 Å². The topological polar surface area (TPSA) is 68.5 Å². The number of hydrogen-bond donors (Lipinski definition) is 1. The number of fused-ring (bicyclic) bond motifs is 1. The Kier molecular flexibility index (Phi) is 5.24. The Labute approximate surface area is 162 Å². The van der Waals surface area contributed by atoms with Gasteiger partial charge in [-0.2, -0.15) is 0 Å². The van der Waals surface area contributed by atoms with Gasteiger partial charge in [0, 0.05) is 23.1 Å². The van der Waals surface area contributed by atoms with Crippen molar-refractivity contribution in [1.29, 1.82) is 0 Å². The van der Waals surface area contributed by atoms with E-state index in [-0.39, 0.29) is 11.7 Å². The van der Waals surface area contributed by atoms with Crippen molar-refractivity contribution in [2.24, 2.45) is 0 Å². The average Bonchev–Trinajstić information content (AvgIpc) is 2.89. The Balaban J connectivity index is 2.31. The molecule has 0 aliphatic rings. The van der Waals surface area contributed by atoms with Gasteiger partial charge in [0.15, 0.2) is 5.75 Å². The Bertz CT molecular complexity index is 1030. The molecule has 0 saturated heterocycles. The Morgan fingerprint density at radius 2 is 1.81 bits per heavy atom. The second-order valence-electron chi connectivity index (χ2n) is 6.36. The molecule has 0 aliphatic heterocycles. The van der Waals surface area contributed by atoms with E-state index >= 15 is 0 Å². The molecule has 0 radical (unpaired) electrons. The van der Waals surface area contributed by atoms with Crippen LogP contribution in [0.1, 0.15) is 41.9 Å². The molecule has 0 atom stereocenters. The van der Waals surface area contributed by atoms with Gasteiger partial charge in [0.1, 0.15) is 5.75 Å². The van der Waals surface area contributed by atoms with Crippen LogP contribution in [0.4, 0.5) is 0 Å². The molecule has 3 rings (SSSR count). The molecule has 27 heavy (non-hydrogen) atoms. The number of carbonyl (C=O) groups excluding carboxylic acids is 2. The minimum Gasteiger partial charge on any atom is -0.508 e. The Hall–Kier alpha value is -2.79. The van der Waals surface area contributed by atoms with Crippen LogP contribution < -0.4 is 4.74 Å². The lowest BCUT2D eigenvalue weighted by Gasteiger charge is -2.08. The fourth-order valence-electron chi connectivity index (χ4n) is 3.28. The van der Waals surface area contributed by atoms with Crippen LogP contribution in [-0.2, 0) is 11.2 Å². The highest BCUT2D eigenvalue weighted by molar-refractivity contribution is 6.30. The predicted octanol–water partition coefficient (Wildman–Crippen LogP) is 4.88. The van der Waals surface area contributed by atoms with Gasteiger partial charge in [-0.1, -0.05) is 24.9 Å². The van der Waals surface area contributed by atoms with Crippen LogP contribution in [0.2, 0.25) is 5.02 Å². The van der Waals surface area contributed by atoms with Crippen LogP contribution in [0.3, 0.4) is 0 Å². The molecule has 0 aliphatic carbocycles. The molecule has 1 N–H and O–H groups in total. The van der Waals surface area contributed by atoms with Gasteiger partial charge in [-0.25, -0.2) is 0 Å². The molecule has 3 aromatic rings. The quantitative estimate of drug-likeness (QED) is 0.650. The summed E-state index contributed by atoms with van der Waals surface area (Å²) in [4.78, 5) is 24.8. The van der Waals surface area contributed by atoms with Crippen molar-refractivity contribution in [1.82, 2.24) is 4.57 Å². The van der Waals surface area contributed by atoms with Gasteiger partial charge >= 0.3 is 5.97 Å². The van der Waals surface area contributed by atoms with E-state index in [9.17, 15) is 14.7 Å². The van der Waals surface area contributed by atoms with Crippen molar-refractivity contribution in [2.75, 3.05) is 0 Å². The predicted molar refractivity (Wildman–Crippen MR) is 105 cm³/mol. The zero-order chi connectivity index (χ0) is 19.7. The summed E-state index contributed by atoms with van der Waals surface area (Å²) in [6, 6.07) is 9.82. The van der Waals surface area contributed by atoms with E-state index in [1.54, 1.807) is 43.3 Å². The SMILES string of the molecule is CCCc1c(O)ccc2c1c(OC(C)=O)c(C)n2C(=O)c1ccc(Cl)cc1. The number of nitrogens with zero attached hydrogens (tertiary/aromatic N) is 1. The van der Waals surface area contributed by atoms with E-state index in [4.69, 9.17) is 16.3 Å². The molecule has 0 bridgehead atoms. The van der Waals surface area contributed by atoms with E-state index in [0.717, 1.165) is 6.42 Å². The largest absolute Gasteiger partial charge is 0.508 e. The smallest absolute Gasteiger partial charge is 0.308 e. The van der Waals surface area contributed by atoms with E-state index in [1.807, 2.05) is 6.92 Å². The lowest BCUT2D eigenvalue weighted by Crippen LogP contribution is -2.13. The normalized spacial score (nSPS) is 11.0. The number of halogens is 1. The van der Waals surface area contributed by atoms with Gasteiger partial charge in [-0.3, -0.25) is 14.2 Å². The van der Waals surface area contributed by atoms with Crippen LogP contribution in [0.5, 0.6) is 11.5 Å². The van der Waals surface area contributed by atoms with E-state index in [2.05, 4.69) is 0 Å². The van der Waals surface area contributed by atoms with Crippen molar-refractivity contribution >= 4 is 34.4 Å². The monoisotopic (exact) mass is 385 g/mol. The molecule has 0 spiro atoms. The van der Waals surface area contributed by atoms with Crippen LogP contribution in [0.25, 0.3) is 10.9 Å². The first-order valence-electron chi connectivity index (χ1n) is 8.69. The number of benzene rings is 2. The summed E-state index contributed by atoms with van der Waals surface area (Å²) in [5, 5.41) is 11.5. The number of hydrogen-bond acceptors (Lipinski definition) is 4. The third-order valence-electron chi connectivity index (χ3n) is 4.44. The van der Waals surface area contributed by atoms with Gasteiger partial charge in [0.2, 0.25) is 0 Å². The average molecular weight is 386 g/mol. The summed E-state index contributed by atoms with van der Waals surface area (Å²) in [5.74, 6) is -0.324. The van der Waals surface area contributed by atoms with Gasteiger partial charge in [-0.15, -0.1) is 0 Å². The number of esters is 1. The molecule has 140 valence electrons. The van der Waals surface area contributed by atoms with Gasteiger partial charge < -0.3 is 9.84 Å². The van der Waals surface area contributed by atoms with Crippen molar-refractivity contribution in [3.63, 3.8) is 0 Å². The van der Waals surface area contributed by atoms with Crippen molar-refractivity contribution < 1.29 is 19.4 Å². The number of rotatable bonds is 4. The molecule has 0 saturated carbocycles. The maximum Gasteiger partial charge on any atom is 0.308 e. The number of aromatic hydroxyl groups is 1. The molecule has 1 aromatic heterocycles. The summed E-state index contributed by atoms with van der Waals surface area (Å²) in [7, 11) is 0. The molecule has 0 fully saturated rings. The number of ether oxygens (including phenoxy) is 1. The highest BCUT2D eigenvalue weighted by Crippen LogP contribution is 2.40. The van der Waals surface area contributed by atoms with Crippen LogP contribution in [-0.4, -0.2) is 21.6 Å².